The minimum atomic E-state index is -0.480. The number of amides is 2. The second kappa shape index (κ2) is 8.09. The summed E-state index contributed by atoms with van der Waals surface area (Å²) >= 11 is 25.1. The van der Waals surface area contributed by atoms with Gasteiger partial charge in [-0.1, -0.05) is 52.5 Å². The topological polar surface area (TPSA) is 50.5 Å². The third kappa shape index (κ3) is 3.93. The lowest BCUT2D eigenvalue weighted by Crippen LogP contribution is -2.27. The summed E-state index contributed by atoms with van der Waals surface area (Å²) in [5, 5.41) is 1.02. The van der Waals surface area contributed by atoms with E-state index in [4.69, 9.17) is 50.8 Å². The molecule has 0 spiro atoms. The highest BCUT2D eigenvalue weighted by atomic mass is 35.5. The van der Waals surface area contributed by atoms with E-state index in [9.17, 15) is 9.59 Å². The van der Waals surface area contributed by atoms with Crippen LogP contribution >= 0.6 is 58.2 Å². The molecule has 1 aliphatic heterocycles. The molecular formula is C20H9Cl4NO3S. The average molecular weight is 485 g/mol. The SMILES string of the molecule is O=C1S/C(=C/c2ccc(-c3c(Cl)cccc3Cl)o2)C(=O)N1c1ccc(Cl)c(Cl)c1. The van der Waals surface area contributed by atoms with Gasteiger partial charge in [0.15, 0.2) is 0 Å². The van der Waals surface area contributed by atoms with Crippen molar-refractivity contribution in [1.82, 2.24) is 0 Å². The summed E-state index contributed by atoms with van der Waals surface area (Å²) < 4.78 is 5.77. The molecular weight excluding hydrogens is 476 g/mol. The highest BCUT2D eigenvalue weighted by Gasteiger charge is 2.36. The molecule has 0 N–H and O–H groups in total. The number of carbonyl (C=O) groups excluding carboxylic acids is 2. The quantitative estimate of drug-likeness (QED) is 0.356. The standard InChI is InChI=1S/C20H9Cl4NO3S/c21-12-6-4-10(8-15(12)24)25-19(26)17(29-20(25)27)9-11-5-7-16(28-11)18-13(22)2-1-3-14(18)23/h1-9H/b17-9+. The van der Waals surface area contributed by atoms with Gasteiger partial charge in [0.05, 0.1) is 36.2 Å². The zero-order valence-electron chi connectivity index (χ0n) is 14.3. The lowest BCUT2D eigenvalue weighted by atomic mass is 10.2. The Morgan fingerprint density at radius 3 is 2.28 bits per heavy atom. The summed E-state index contributed by atoms with van der Waals surface area (Å²) in [7, 11) is 0. The number of hydrogen-bond acceptors (Lipinski definition) is 4. The van der Waals surface area contributed by atoms with Gasteiger partial charge in [-0.3, -0.25) is 9.59 Å². The number of benzene rings is 2. The molecule has 4 rings (SSSR count). The smallest absolute Gasteiger partial charge is 0.298 e. The van der Waals surface area contributed by atoms with Gasteiger partial charge in [-0.2, -0.15) is 0 Å². The van der Waals surface area contributed by atoms with Gasteiger partial charge in [0.25, 0.3) is 11.1 Å². The molecule has 1 aliphatic rings. The molecule has 29 heavy (non-hydrogen) atoms. The van der Waals surface area contributed by atoms with Crippen LogP contribution in [-0.4, -0.2) is 11.1 Å². The second-order valence-electron chi connectivity index (χ2n) is 5.91. The first-order chi connectivity index (χ1) is 13.8. The van der Waals surface area contributed by atoms with Crippen LogP contribution < -0.4 is 4.90 Å². The Morgan fingerprint density at radius 2 is 1.59 bits per heavy atom. The first kappa shape index (κ1) is 20.4. The molecule has 146 valence electrons. The molecule has 4 nitrogen and oxygen atoms in total. The number of anilines is 1. The molecule has 0 unspecified atom stereocenters. The van der Waals surface area contributed by atoms with Crippen molar-refractivity contribution in [3.05, 3.63) is 79.3 Å². The van der Waals surface area contributed by atoms with Gasteiger partial charge in [0.1, 0.15) is 11.5 Å². The molecule has 1 fully saturated rings. The van der Waals surface area contributed by atoms with Crippen molar-refractivity contribution in [2.24, 2.45) is 0 Å². The molecule has 0 bridgehead atoms. The van der Waals surface area contributed by atoms with Gasteiger partial charge >= 0.3 is 0 Å². The first-order valence-electron chi connectivity index (χ1n) is 8.12. The normalized spacial score (nSPS) is 15.6. The van der Waals surface area contributed by atoms with E-state index in [2.05, 4.69) is 0 Å². The van der Waals surface area contributed by atoms with Crippen LogP contribution in [-0.2, 0) is 4.79 Å². The van der Waals surface area contributed by atoms with Crippen molar-refractivity contribution in [1.29, 1.82) is 0 Å². The zero-order chi connectivity index (χ0) is 20.7. The molecule has 1 saturated heterocycles. The average Bonchev–Trinajstić information content (AvgIpc) is 3.22. The maximum Gasteiger partial charge on any atom is 0.298 e. The first-order valence-corrected chi connectivity index (χ1v) is 10.4. The summed E-state index contributed by atoms with van der Waals surface area (Å²) in [6.45, 7) is 0. The summed E-state index contributed by atoms with van der Waals surface area (Å²) in [4.78, 5) is 26.4. The number of nitrogens with zero attached hydrogens (tertiary/aromatic N) is 1. The molecule has 0 atom stereocenters. The Bertz CT molecular complexity index is 1170. The van der Waals surface area contributed by atoms with Crippen LogP contribution in [0.4, 0.5) is 10.5 Å². The number of thioether (sulfide) groups is 1. The summed E-state index contributed by atoms with van der Waals surface area (Å²) in [6.07, 6.45) is 1.50. The Kier molecular flexibility index (Phi) is 5.69. The molecule has 0 aliphatic carbocycles. The van der Waals surface area contributed by atoms with E-state index in [1.807, 2.05) is 0 Å². The van der Waals surface area contributed by atoms with Crippen LogP contribution in [0, 0.1) is 0 Å². The van der Waals surface area contributed by atoms with Crippen molar-refractivity contribution in [3.8, 4) is 11.3 Å². The van der Waals surface area contributed by atoms with Crippen LogP contribution in [0.2, 0.25) is 20.1 Å². The minimum absolute atomic E-state index is 0.215. The van der Waals surface area contributed by atoms with E-state index in [0.717, 1.165) is 16.7 Å². The van der Waals surface area contributed by atoms with Gasteiger partial charge in [-0.15, -0.1) is 0 Å². The van der Waals surface area contributed by atoms with E-state index in [-0.39, 0.29) is 9.93 Å². The lowest BCUT2D eigenvalue weighted by Gasteiger charge is -2.12. The van der Waals surface area contributed by atoms with Crippen LogP contribution in [0.5, 0.6) is 0 Å². The van der Waals surface area contributed by atoms with Crippen molar-refractivity contribution >= 4 is 81.1 Å². The van der Waals surface area contributed by atoms with Crippen molar-refractivity contribution in [2.75, 3.05) is 4.90 Å². The Balaban J connectivity index is 1.64. The molecule has 0 saturated carbocycles. The summed E-state index contributed by atoms with van der Waals surface area (Å²) in [5.74, 6) is 0.360. The highest BCUT2D eigenvalue weighted by Crippen LogP contribution is 2.39. The minimum Gasteiger partial charge on any atom is -0.457 e. The Labute approximate surface area is 190 Å². The maximum atomic E-state index is 12.8. The van der Waals surface area contributed by atoms with Crippen LogP contribution in [0.25, 0.3) is 17.4 Å². The third-order valence-electron chi connectivity index (χ3n) is 4.06. The number of furan rings is 1. The predicted octanol–water partition coefficient (Wildman–Crippen LogP) is 7.80. The molecule has 3 aromatic rings. The lowest BCUT2D eigenvalue weighted by molar-refractivity contribution is -0.113. The number of imide groups is 1. The van der Waals surface area contributed by atoms with E-state index < -0.39 is 11.1 Å². The number of carbonyl (C=O) groups is 2. The van der Waals surface area contributed by atoms with Gasteiger partial charge in [-0.25, -0.2) is 4.90 Å². The largest absolute Gasteiger partial charge is 0.457 e. The molecule has 9 heteroatoms. The van der Waals surface area contributed by atoms with Crippen molar-refractivity contribution in [2.45, 2.75) is 0 Å². The highest BCUT2D eigenvalue weighted by molar-refractivity contribution is 8.19. The molecule has 2 amide bonds. The van der Waals surface area contributed by atoms with Crippen molar-refractivity contribution in [3.63, 3.8) is 0 Å². The number of halogens is 4. The fraction of sp³-hybridized carbons (Fsp3) is 0. The monoisotopic (exact) mass is 483 g/mol. The zero-order valence-corrected chi connectivity index (χ0v) is 18.1. The number of rotatable bonds is 3. The summed E-state index contributed by atoms with van der Waals surface area (Å²) in [6, 6.07) is 13.0. The number of hydrogen-bond donors (Lipinski definition) is 0. The molecule has 1 aromatic heterocycles. The molecule has 2 heterocycles. The van der Waals surface area contributed by atoms with E-state index >= 15 is 0 Å². The van der Waals surface area contributed by atoms with Gasteiger partial charge in [-0.05, 0) is 54.2 Å². The van der Waals surface area contributed by atoms with E-state index in [1.165, 1.54) is 18.2 Å². The second-order valence-corrected chi connectivity index (χ2v) is 8.54. The van der Waals surface area contributed by atoms with Gasteiger partial charge in [0.2, 0.25) is 0 Å². The van der Waals surface area contributed by atoms with Crippen LogP contribution in [0.1, 0.15) is 5.76 Å². The van der Waals surface area contributed by atoms with Crippen LogP contribution in [0.3, 0.4) is 0 Å². The summed E-state index contributed by atoms with van der Waals surface area (Å²) in [5.41, 5.74) is 0.896. The molecule has 0 radical (unpaired) electrons. The van der Waals surface area contributed by atoms with Crippen molar-refractivity contribution < 1.29 is 14.0 Å². The fourth-order valence-corrected chi connectivity index (χ4v) is 4.44. The molecule has 2 aromatic carbocycles. The Morgan fingerprint density at radius 1 is 0.862 bits per heavy atom. The van der Waals surface area contributed by atoms with Gasteiger partial charge in [0, 0.05) is 6.08 Å². The predicted molar refractivity (Wildman–Crippen MR) is 119 cm³/mol. The van der Waals surface area contributed by atoms with Crippen LogP contribution in [0.15, 0.2) is 57.9 Å². The fourth-order valence-electron chi connectivity index (χ4n) is 2.74. The van der Waals surface area contributed by atoms with E-state index in [0.29, 0.717) is 37.8 Å². The van der Waals surface area contributed by atoms with E-state index in [1.54, 1.807) is 36.4 Å². The van der Waals surface area contributed by atoms with Gasteiger partial charge < -0.3 is 4.42 Å². The Hall–Kier alpha value is -1.89. The third-order valence-corrected chi connectivity index (χ3v) is 6.30. The maximum absolute atomic E-state index is 12.8.